The van der Waals surface area contributed by atoms with E-state index in [0.29, 0.717) is 17.3 Å². The Kier molecular flexibility index (Phi) is 6.71. The molecule has 0 radical (unpaired) electrons. The van der Waals surface area contributed by atoms with Gasteiger partial charge in [-0.05, 0) is 60.4 Å². The molecule has 0 saturated carbocycles. The number of halogens is 2. The smallest absolute Gasteiger partial charge is 0.129 e. The van der Waals surface area contributed by atoms with Gasteiger partial charge >= 0.3 is 0 Å². The van der Waals surface area contributed by atoms with E-state index in [0.717, 1.165) is 58.6 Å². The number of hydrogen-bond acceptors (Lipinski definition) is 3. The number of nitrogens with two attached hydrogens (primary N) is 1. The lowest BCUT2D eigenvalue weighted by Crippen LogP contribution is -2.15. The van der Waals surface area contributed by atoms with Gasteiger partial charge in [0.2, 0.25) is 0 Å². The van der Waals surface area contributed by atoms with Crippen LogP contribution < -0.4 is 15.2 Å². The minimum atomic E-state index is -0.370. The van der Waals surface area contributed by atoms with Gasteiger partial charge in [0, 0.05) is 28.5 Å². The minimum Gasteiger partial charge on any atom is -0.490 e. The molecule has 0 amide bonds. The summed E-state index contributed by atoms with van der Waals surface area (Å²) >= 11 is 6.43. The van der Waals surface area contributed by atoms with Gasteiger partial charge in [-0.2, -0.15) is 0 Å². The Bertz CT molecular complexity index is 1140. The lowest BCUT2D eigenvalue weighted by molar-refractivity contribution is 0.186. The summed E-state index contributed by atoms with van der Waals surface area (Å²) < 4.78 is 25.9. The number of benzene rings is 3. The average Bonchev–Trinajstić information content (AvgIpc) is 2.79. The molecule has 3 aromatic rings. The van der Waals surface area contributed by atoms with Gasteiger partial charge in [-0.15, -0.1) is 0 Å². The highest BCUT2D eigenvalue weighted by atomic mass is 35.5. The van der Waals surface area contributed by atoms with E-state index >= 15 is 0 Å². The number of hydrogen-bond donors (Lipinski definition) is 1. The Balaban J connectivity index is 1.80. The quantitative estimate of drug-likeness (QED) is 0.381. The van der Waals surface area contributed by atoms with Crippen LogP contribution in [-0.2, 0) is 0 Å². The molecule has 2 N–H and O–H groups in total. The molecule has 1 aliphatic heterocycles. The van der Waals surface area contributed by atoms with Gasteiger partial charge in [0.05, 0.1) is 11.1 Å². The lowest BCUT2D eigenvalue weighted by Gasteiger charge is -2.26. The summed E-state index contributed by atoms with van der Waals surface area (Å²) in [5.74, 6) is 1.20. The SMILES string of the molecule is CCCC(CC)Oc1ccc(C2=C(c3ccc(F)cc3Cl)COc3cc(N)ccc32)cc1. The first-order chi connectivity index (χ1) is 15.5. The fourth-order valence-corrected chi connectivity index (χ4v) is 4.37. The molecule has 1 heterocycles. The third kappa shape index (κ3) is 4.61. The third-order valence-corrected chi connectivity index (χ3v) is 6.03. The molecular formula is C27H27ClFNO2. The Morgan fingerprint density at radius 1 is 1.03 bits per heavy atom. The molecule has 0 fully saturated rings. The van der Waals surface area contributed by atoms with Crippen molar-refractivity contribution in [1.29, 1.82) is 0 Å². The maximum absolute atomic E-state index is 13.7. The molecule has 3 nitrogen and oxygen atoms in total. The molecular weight excluding hydrogens is 425 g/mol. The second-order valence-electron chi connectivity index (χ2n) is 7.98. The van der Waals surface area contributed by atoms with Crippen molar-refractivity contribution < 1.29 is 13.9 Å². The fourth-order valence-electron chi connectivity index (χ4n) is 4.09. The highest BCUT2D eigenvalue weighted by molar-refractivity contribution is 6.32. The van der Waals surface area contributed by atoms with E-state index in [2.05, 4.69) is 13.8 Å². The molecule has 0 bridgehead atoms. The first-order valence-corrected chi connectivity index (χ1v) is 11.4. The fraction of sp³-hybridized carbons (Fsp3) is 0.259. The van der Waals surface area contributed by atoms with Crippen LogP contribution in [0.4, 0.5) is 10.1 Å². The van der Waals surface area contributed by atoms with Crippen LogP contribution in [0, 0.1) is 5.82 Å². The maximum Gasteiger partial charge on any atom is 0.129 e. The molecule has 0 aliphatic carbocycles. The number of anilines is 1. The van der Waals surface area contributed by atoms with Crippen molar-refractivity contribution in [2.75, 3.05) is 12.3 Å². The molecule has 1 atom stereocenters. The molecule has 32 heavy (non-hydrogen) atoms. The minimum absolute atomic E-state index is 0.213. The average molecular weight is 452 g/mol. The van der Waals surface area contributed by atoms with Crippen LogP contribution in [0.2, 0.25) is 5.02 Å². The summed E-state index contributed by atoms with van der Waals surface area (Å²) in [4.78, 5) is 0. The van der Waals surface area contributed by atoms with Gasteiger partial charge in [-0.25, -0.2) is 4.39 Å². The van der Waals surface area contributed by atoms with E-state index in [9.17, 15) is 4.39 Å². The van der Waals surface area contributed by atoms with Crippen molar-refractivity contribution in [3.05, 3.63) is 88.2 Å². The highest BCUT2D eigenvalue weighted by Gasteiger charge is 2.24. The Morgan fingerprint density at radius 2 is 1.78 bits per heavy atom. The van der Waals surface area contributed by atoms with Crippen LogP contribution in [0.25, 0.3) is 11.1 Å². The van der Waals surface area contributed by atoms with E-state index < -0.39 is 0 Å². The first-order valence-electron chi connectivity index (χ1n) is 11.0. The standard InChI is InChI=1S/C27H27ClFNO2/c1-3-5-20(4-2)32-21-10-6-17(7-11-21)27-23-13-9-19(30)15-26(23)31-16-24(27)22-12-8-18(29)14-25(22)28/h6-15,20H,3-5,16,30H2,1-2H3. The monoisotopic (exact) mass is 451 g/mol. The van der Waals surface area contributed by atoms with Gasteiger partial charge in [0.15, 0.2) is 0 Å². The number of fused-ring (bicyclic) bond motifs is 1. The van der Waals surface area contributed by atoms with Gasteiger partial charge in [0.1, 0.15) is 23.9 Å². The van der Waals surface area contributed by atoms with Crippen molar-refractivity contribution in [2.45, 2.75) is 39.2 Å². The summed E-state index contributed by atoms with van der Waals surface area (Å²) in [6.07, 6.45) is 3.30. The van der Waals surface area contributed by atoms with Gasteiger partial charge in [-0.1, -0.05) is 50.1 Å². The normalized spacial score (nSPS) is 14.0. The Morgan fingerprint density at radius 3 is 2.47 bits per heavy atom. The molecule has 0 saturated heterocycles. The molecule has 5 heteroatoms. The van der Waals surface area contributed by atoms with Gasteiger partial charge in [-0.3, -0.25) is 0 Å². The van der Waals surface area contributed by atoms with Crippen molar-refractivity contribution in [1.82, 2.24) is 0 Å². The van der Waals surface area contributed by atoms with Crippen molar-refractivity contribution in [3.63, 3.8) is 0 Å². The van der Waals surface area contributed by atoms with Crippen LogP contribution >= 0.6 is 11.6 Å². The second-order valence-corrected chi connectivity index (χ2v) is 8.39. The van der Waals surface area contributed by atoms with Crippen LogP contribution in [0.1, 0.15) is 49.8 Å². The van der Waals surface area contributed by atoms with Crippen LogP contribution in [0.5, 0.6) is 11.5 Å². The summed E-state index contributed by atoms with van der Waals surface area (Å²) in [7, 11) is 0. The van der Waals surface area contributed by atoms with Crippen LogP contribution in [-0.4, -0.2) is 12.7 Å². The van der Waals surface area contributed by atoms with Crippen molar-refractivity contribution in [2.24, 2.45) is 0 Å². The zero-order valence-corrected chi connectivity index (χ0v) is 19.1. The maximum atomic E-state index is 13.7. The predicted molar refractivity (Wildman–Crippen MR) is 130 cm³/mol. The molecule has 4 rings (SSSR count). The number of rotatable bonds is 7. The molecule has 1 aliphatic rings. The summed E-state index contributed by atoms with van der Waals surface area (Å²) in [5.41, 5.74) is 11.2. The third-order valence-electron chi connectivity index (χ3n) is 5.72. The van der Waals surface area contributed by atoms with Gasteiger partial charge in [0.25, 0.3) is 0 Å². The predicted octanol–water partition coefficient (Wildman–Crippen LogP) is 7.37. The summed E-state index contributed by atoms with van der Waals surface area (Å²) in [5, 5.41) is 0.352. The largest absolute Gasteiger partial charge is 0.490 e. The van der Waals surface area contributed by atoms with Crippen LogP contribution in [0.3, 0.4) is 0 Å². The van der Waals surface area contributed by atoms with E-state index in [1.54, 1.807) is 6.07 Å². The van der Waals surface area contributed by atoms with E-state index in [1.807, 2.05) is 42.5 Å². The van der Waals surface area contributed by atoms with E-state index in [-0.39, 0.29) is 11.9 Å². The highest BCUT2D eigenvalue weighted by Crippen LogP contribution is 2.43. The molecule has 0 spiro atoms. The lowest BCUT2D eigenvalue weighted by atomic mass is 9.87. The first kappa shape index (κ1) is 22.2. The number of ether oxygens (including phenoxy) is 2. The molecule has 0 aromatic heterocycles. The summed E-state index contributed by atoms with van der Waals surface area (Å²) in [6.45, 7) is 4.62. The van der Waals surface area contributed by atoms with Crippen molar-refractivity contribution in [3.8, 4) is 11.5 Å². The second kappa shape index (κ2) is 9.66. The Hall–Kier alpha value is -2.98. The van der Waals surface area contributed by atoms with Crippen molar-refractivity contribution >= 4 is 28.4 Å². The molecule has 166 valence electrons. The zero-order valence-electron chi connectivity index (χ0n) is 18.3. The van der Waals surface area contributed by atoms with E-state index in [1.165, 1.54) is 12.1 Å². The van der Waals surface area contributed by atoms with Gasteiger partial charge < -0.3 is 15.2 Å². The topological polar surface area (TPSA) is 44.5 Å². The van der Waals surface area contributed by atoms with E-state index in [4.69, 9.17) is 26.8 Å². The Labute approximate surface area is 193 Å². The number of nitrogen functional groups attached to an aromatic ring is 1. The molecule has 3 aromatic carbocycles. The van der Waals surface area contributed by atoms with Crippen LogP contribution in [0.15, 0.2) is 60.7 Å². The zero-order chi connectivity index (χ0) is 22.7. The molecule has 1 unspecified atom stereocenters. The summed E-state index contributed by atoms with van der Waals surface area (Å²) in [6, 6.07) is 18.2.